The summed E-state index contributed by atoms with van der Waals surface area (Å²) in [5.74, 6) is 5.31. The van der Waals surface area contributed by atoms with Gasteiger partial charge in [0, 0.05) is 12.0 Å². The lowest BCUT2D eigenvalue weighted by molar-refractivity contribution is -0.383. The molecule has 0 heterocycles. The van der Waals surface area contributed by atoms with Crippen LogP contribution in [0.4, 0.5) is 17.1 Å². The van der Waals surface area contributed by atoms with E-state index in [9.17, 15) is 15.2 Å². The first kappa shape index (κ1) is 14.5. The molecule has 110 valence electrons. The summed E-state index contributed by atoms with van der Waals surface area (Å²) in [6.45, 7) is 0.626. The lowest BCUT2D eigenvalue weighted by atomic mass is 9.87. The molecule has 7 heteroatoms. The van der Waals surface area contributed by atoms with Gasteiger partial charge in [0.15, 0.2) is 0 Å². The van der Waals surface area contributed by atoms with E-state index in [0.717, 1.165) is 25.7 Å². The van der Waals surface area contributed by atoms with Crippen molar-refractivity contribution in [2.75, 3.05) is 23.9 Å². The Kier molecular flexibility index (Phi) is 4.41. The quantitative estimate of drug-likeness (QED) is 0.359. The first-order valence-corrected chi connectivity index (χ1v) is 6.71. The molecule has 1 aliphatic carbocycles. The molecule has 0 aliphatic heterocycles. The number of benzene rings is 1. The number of nitrogens with one attached hydrogen (secondary N) is 2. The Labute approximate surface area is 117 Å². The van der Waals surface area contributed by atoms with Crippen molar-refractivity contribution in [3.63, 3.8) is 0 Å². The number of aliphatic hydroxyl groups excluding tert-OH is 1. The van der Waals surface area contributed by atoms with Gasteiger partial charge in [-0.2, -0.15) is 0 Å². The van der Waals surface area contributed by atoms with Gasteiger partial charge >= 0.3 is 5.69 Å². The van der Waals surface area contributed by atoms with E-state index in [4.69, 9.17) is 5.84 Å². The summed E-state index contributed by atoms with van der Waals surface area (Å²) in [7, 11) is 0. The van der Waals surface area contributed by atoms with Gasteiger partial charge < -0.3 is 15.8 Å². The Hall–Kier alpha value is -1.86. The van der Waals surface area contributed by atoms with Crippen molar-refractivity contribution in [3.8, 4) is 0 Å². The molecule has 0 unspecified atom stereocenters. The summed E-state index contributed by atoms with van der Waals surface area (Å²) >= 11 is 0. The van der Waals surface area contributed by atoms with E-state index in [0.29, 0.717) is 12.2 Å². The van der Waals surface area contributed by atoms with Crippen LogP contribution in [-0.4, -0.2) is 23.2 Å². The highest BCUT2D eigenvalue weighted by molar-refractivity contribution is 5.75. The number of nitro benzene ring substituents is 1. The van der Waals surface area contributed by atoms with Crippen LogP contribution in [0.2, 0.25) is 0 Å². The van der Waals surface area contributed by atoms with Crippen LogP contribution >= 0.6 is 0 Å². The lowest BCUT2D eigenvalue weighted by Crippen LogP contribution is -2.30. The second-order valence-corrected chi connectivity index (χ2v) is 5.32. The molecule has 2 rings (SSSR count). The first-order chi connectivity index (χ1) is 9.62. The minimum atomic E-state index is -0.461. The zero-order valence-corrected chi connectivity index (χ0v) is 11.3. The van der Waals surface area contributed by atoms with Gasteiger partial charge in [0.1, 0.15) is 11.4 Å². The molecule has 0 spiro atoms. The summed E-state index contributed by atoms with van der Waals surface area (Å²) in [6, 6.07) is 4.91. The maximum Gasteiger partial charge on any atom is 0.316 e. The van der Waals surface area contributed by atoms with Crippen LogP contribution in [0.15, 0.2) is 18.2 Å². The van der Waals surface area contributed by atoms with Gasteiger partial charge in [-0.05, 0) is 25.0 Å². The number of hydrazine groups is 1. The van der Waals surface area contributed by atoms with Crippen LogP contribution in [0.1, 0.15) is 25.7 Å². The Bertz CT molecular complexity index is 487. The highest BCUT2D eigenvalue weighted by Crippen LogP contribution is 2.39. The predicted octanol–water partition coefficient (Wildman–Crippen LogP) is 1.84. The highest BCUT2D eigenvalue weighted by atomic mass is 16.6. The van der Waals surface area contributed by atoms with Crippen LogP contribution in [0.25, 0.3) is 0 Å². The summed E-state index contributed by atoms with van der Waals surface area (Å²) in [5.41, 5.74) is 2.79. The van der Waals surface area contributed by atoms with Crippen LogP contribution in [0.5, 0.6) is 0 Å². The molecule has 1 fully saturated rings. The van der Waals surface area contributed by atoms with E-state index in [2.05, 4.69) is 10.7 Å². The van der Waals surface area contributed by atoms with Gasteiger partial charge in [-0.15, -0.1) is 0 Å². The maximum atomic E-state index is 11.2. The van der Waals surface area contributed by atoms with Gasteiger partial charge in [-0.1, -0.05) is 18.9 Å². The molecule has 0 radical (unpaired) electrons. The van der Waals surface area contributed by atoms with Crippen molar-refractivity contribution in [1.29, 1.82) is 0 Å². The number of aliphatic hydroxyl groups is 1. The number of nitro groups is 1. The Balaban J connectivity index is 2.19. The fourth-order valence-electron chi connectivity index (χ4n) is 2.80. The molecule has 1 aromatic carbocycles. The summed E-state index contributed by atoms with van der Waals surface area (Å²) in [5, 5.41) is 23.8. The van der Waals surface area contributed by atoms with E-state index >= 15 is 0 Å². The van der Waals surface area contributed by atoms with Crippen molar-refractivity contribution in [1.82, 2.24) is 0 Å². The van der Waals surface area contributed by atoms with E-state index in [1.165, 1.54) is 0 Å². The van der Waals surface area contributed by atoms with Crippen LogP contribution < -0.4 is 16.6 Å². The molecule has 20 heavy (non-hydrogen) atoms. The molecule has 0 saturated heterocycles. The lowest BCUT2D eigenvalue weighted by Gasteiger charge is -2.27. The van der Waals surface area contributed by atoms with Crippen molar-refractivity contribution >= 4 is 17.1 Å². The van der Waals surface area contributed by atoms with Crippen LogP contribution in [0.3, 0.4) is 0 Å². The number of nitrogens with two attached hydrogens (primary N) is 1. The number of nitrogens with zero attached hydrogens (tertiary/aromatic N) is 1. The van der Waals surface area contributed by atoms with Gasteiger partial charge in [0.25, 0.3) is 0 Å². The van der Waals surface area contributed by atoms with Crippen LogP contribution in [0, 0.1) is 15.5 Å². The van der Waals surface area contributed by atoms with Crippen molar-refractivity contribution in [3.05, 3.63) is 28.3 Å². The predicted molar refractivity (Wildman–Crippen MR) is 77.4 cm³/mol. The molecule has 0 atom stereocenters. The molecule has 7 nitrogen and oxygen atoms in total. The third-order valence-corrected chi connectivity index (χ3v) is 4.03. The summed E-state index contributed by atoms with van der Waals surface area (Å²) in [4.78, 5) is 10.7. The zero-order chi connectivity index (χ0) is 14.6. The molecule has 0 aromatic heterocycles. The number of hydrogen-bond donors (Lipinski definition) is 4. The second-order valence-electron chi connectivity index (χ2n) is 5.32. The SMILES string of the molecule is NNc1cccc(NCC2(CO)CCCC2)c1[N+](=O)[O-]. The van der Waals surface area contributed by atoms with Gasteiger partial charge in [-0.25, -0.2) is 0 Å². The normalized spacial score (nSPS) is 16.9. The minimum Gasteiger partial charge on any atom is -0.396 e. The van der Waals surface area contributed by atoms with Crippen molar-refractivity contribution < 1.29 is 10.0 Å². The second kappa shape index (κ2) is 6.06. The van der Waals surface area contributed by atoms with Crippen LogP contribution in [-0.2, 0) is 0 Å². The number of rotatable bonds is 6. The maximum absolute atomic E-state index is 11.2. The number of anilines is 2. The Morgan fingerprint density at radius 2 is 2.00 bits per heavy atom. The number of para-hydroxylation sites is 1. The van der Waals surface area contributed by atoms with Gasteiger partial charge in [-0.3, -0.25) is 16.0 Å². The van der Waals surface area contributed by atoms with E-state index in [-0.39, 0.29) is 23.4 Å². The smallest absolute Gasteiger partial charge is 0.316 e. The van der Waals surface area contributed by atoms with E-state index in [1.807, 2.05) is 0 Å². The number of hydrogen-bond acceptors (Lipinski definition) is 6. The third kappa shape index (κ3) is 2.83. The largest absolute Gasteiger partial charge is 0.396 e. The zero-order valence-electron chi connectivity index (χ0n) is 11.3. The van der Waals surface area contributed by atoms with E-state index < -0.39 is 4.92 Å². The highest BCUT2D eigenvalue weighted by Gasteiger charge is 2.33. The minimum absolute atomic E-state index is 0.0684. The van der Waals surface area contributed by atoms with Crippen molar-refractivity contribution in [2.24, 2.45) is 11.3 Å². The molecule has 1 aliphatic rings. The molecular weight excluding hydrogens is 260 g/mol. The molecule has 0 amide bonds. The fraction of sp³-hybridized carbons (Fsp3) is 0.538. The molecule has 1 saturated carbocycles. The Morgan fingerprint density at radius 1 is 1.35 bits per heavy atom. The summed E-state index contributed by atoms with van der Waals surface area (Å²) < 4.78 is 0. The third-order valence-electron chi connectivity index (χ3n) is 4.03. The average molecular weight is 280 g/mol. The fourth-order valence-corrected chi connectivity index (χ4v) is 2.80. The first-order valence-electron chi connectivity index (χ1n) is 6.71. The Morgan fingerprint density at radius 3 is 2.55 bits per heavy atom. The standard InChI is InChI=1S/C13H20N4O3/c14-16-11-5-3-4-10(12(11)17(19)20)15-8-13(9-18)6-1-2-7-13/h3-5,15-16,18H,1-2,6-9,14H2. The van der Waals surface area contributed by atoms with Gasteiger partial charge in [0.05, 0.1) is 11.5 Å². The topological polar surface area (TPSA) is 113 Å². The molecule has 1 aromatic rings. The molecular formula is C13H20N4O3. The van der Waals surface area contributed by atoms with Crippen molar-refractivity contribution in [2.45, 2.75) is 25.7 Å². The molecule has 0 bridgehead atoms. The molecule has 5 N–H and O–H groups in total. The monoisotopic (exact) mass is 280 g/mol. The van der Waals surface area contributed by atoms with E-state index in [1.54, 1.807) is 18.2 Å². The number of nitrogen functional groups attached to an aromatic ring is 1. The average Bonchev–Trinajstić information content (AvgIpc) is 2.93. The summed E-state index contributed by atoms with van der Waals surface area (Å²) in [6.07, 6.45) is 4.07. The van der Waals surface area contributed by atoms with Gasteiger partial charge in [0.2, 0.25) is 0 Å².